The SMILES string of the molecule is CCC(CC)N(CCO)C(=O)C1(CN)CC1. The van der Waals surface area contributed by atoms with Gasteiger partial charge in [0.1, 0.15) is 0 Å². The standard InChI is InChI=1S/C12H24N2O2/c1-3-10(4-2)14(7-8-15)11(16)12(9-13)5-6-12/h10,15H,3-9,13H2,1-2H3. The third-order valence-electron chi connectivity index (χ3n) is 3.68. The number of nitrogens with two attached hydrogens (primary N) is 1. The van der Waals surface area contributed by atoms with Crippen LogP contribution in [0.3, 0.4) is 0 Å². The molecule has 0 spiro atoms. The number of carbonyl (C=O) groups is 1. The van der Waals surface area contributed by atoms with E-state index in [9.17, 15) is 4.79 Å². The number of hydrogen-bond acceptors (Lipinski definition) is 3. The molecule has 0 aromatic heterocycles. The van der Waals surface area contributed by atoms with Gasteiger partial charge in [0.15, 0.2) is 0 Å². The molecule has 1 aliphatic carbocycles. The highest BCUT2D eigenvalue weighted by molar-refractivity contribution is 5.86. The van der Waals surface area contributed by atoms with Crippen LogP contribution in [0.1, 0.15) is 39.5 Å². The van der Waals surface area contributed by atoms with Crippen LogP contribution in [0.5, 0.6) is 0 Å². The van der Waals surface area contributed by atoms with Gasteiger partial charge in [-0.15, -0.1) is 0 Å². The zero-order valence-electron chi connectivity index (χ0n) is 10.4. The topological polar surface area (TPSA) is 66.6 Å². The number of amides is 1. The monoisotopic (exact) mass is 228 g/mol. The van der Waals surface area contributed by atoms with Crippen molar-refractivity contribution >= 4 is 5.91 Å². The van der Waals surface area contributed by atoms with E-state index in [1.807, 2.05) is 4.90 Å². The Labute approximate surface area is 97.8 Å². The van der Waals surface area contributed by atoms with Crippen LogP contribution in [0.2, 0.25) is 0 Å². The summed E-state index contributed by atoms with van der Waals surface area (Å²) >= 11 is 0. The summed E-state index contributed by atoms with van der Waals surface area (Å²) in [6, 6.07) is 0.240. The molecule has 0 unspecified atom stereocenters. The average molecular weight is 228 g/mol. The summed E-state index contributed by atoms with van der Waals surface area (Å²) in [5.74, 6) is 0.151. The van der Waals surface area contributed by atoms with Gasteiger partial charge >= 0.3 is 0 Å². The van der Waals surface area contributed by atoms with E-state index in [-0.39, 0.29) is 24.0 Å². The molecule has 0 aromatic carbocycles. The van der Waals surface area contributed by atoms with Crippen molar-refractivity contribution in [1.82, 2.24) is 4.90 Å². The van der Waals surface area contributed by atoms with Crippen LogP contribution in [-0.4, -0.2) is 41.7 Å². The highest BCUT2D eigenvalue weighted by Crippen LogP contribution is 2.46. The lowest BCUT2D eigenvalue weighted by Gasteiger charge is -2.33. The molecule has 0 saturated heterocycles. The first-order valence-electron chi connectivity index (χ1n) is 6.27. The molecule has 16 heavy (non-hydrogen) atoms. The minimum Gasteiger partial charge on any atom is -0.395 e. The zero-order chi connectivity index (χ0) is 12.2. The maximum atomic E-state index is 12.3. The molecule has 0 heterocycles. The second-order valence-electron chi connectivity index (χ2n) is 4.68. The van der Waals surface area contributed by atoms with E-state index in [0.29, 0.717) is 13.1 Å². The van der Waals surface area contributed by atoms with Crippen LogP contribution >= 0.6 is 0 Å². The molecule has 4 nitrogen and oxygen atoms in total. The summed E-state index contributed by atoms with van der Waals surface area (Å²) in [6.45, 7) is 5.06. The maximum absolute atomic E-state index is 12.3. The second kappa shape index (κ2) is 5.64. The Morgan fingerprint density at radius 1 is 1.44 bits per heavy atom. The van der Waals surface area contributed by atoms with E-state index >= 15 is 0 Å². The van der Waals surface area contributed by atoms with Crippen molar-refractivity contribution in [2.45, 2.75) is 45.6 Å². The third-order valence-corrected chi connectivity index (χ3v) is 3.68. The lowest BCUT2D eigenvalue weighted by molar-refractivity contribution is -0.139. The Bertz CT molecular complexity index is 235. The molecule has 1 amide bonds. The zero-order valence-corrected chi connectivity index (χ0v) is 10.4. The summed E-state index contributed by atoms with van der Waals surface area (Å²) < 4.78 is 0. The fraction of sp³-hybridized carbons (Fsp3) is 0.917. The van der Waals surface area contributed by atoms with Crippen molar-refractivity contribution in [3.05, 3.63) is 0 Å². The largest absolute Gasteiger partial charge is 0.395 e. The first-order chi connectivity index (χ1) is 7.65. The highest BCUT2D eigenvalue weighted by atomic mass is 16.3. The van der Waals surface area contributed by atoms with Crippen molar-refractivity contribution in [3.8, 4) is 0 Å². The number of carbonyl (C=O) groups excluding carboxylic acids is 1. The van der Waals surface area contributed by atoms with Crippen LogP contribution in [0.15, 0.2) is 0 Å². The number of aliphatic hydroxyl groups excluding tert-OH is 1. The molecule has 1 saturated carbocycles. The fourth-order valence-electron chi connectivity index (χ4n) is 2.25. The predicted octanol–water partition coefficient (Wildman–Crippen LogP) is 0.735. The minimum absolute atomic E-state index is 0.0306. The molecule has 0 aliphatic heterocycles. The average Bonchev–Trinajstić information content (AvgIpc) is 3.09. The molecular weight excluding hydrogens is 204 g/mol. The van der Waals surface area contributed by atoms with Crippen LogP contribution in [0.25, 0.3) is 0 Å². The van der Waals surface area contributed by atoms with E-state index in [2.05, 4.69) is 13.8 Å². The molecule has 0 radical (unpaired) electrons. The number of rotatable bonds is 7. The van der Waals surface area contributed by atoms with Crippen LogP contribution in [-0.2, 0) is 4.79 Å². The molecular formula is C12H24N2O2. The molecule has 0 aromatic rings. The summed E-state index contributed by atoms with van der Waals surface area (Å²) in [5, 5.41) is 9.06. The lowest BCUT2D eigenvalue weighted by atomic mass is 10.0. The summed E-state index contributed by atoms with van der Waals surface area (Å²) in [5.41, 5.74) is 5.38. The molecule has 0 atom stereocenters. The van der Waals surface area contributed by atoms with Crippen LogP contribution < -0.4 is 5.73 Å². The van der Waals surface area contributed by atoms with Gasteiger partial charge in [0.2, 0.25) is 5.91 Å². The quantitative estimate of drug-likeness (QED) is 0.675. The van der Waals surface area contributed by atoms with Gasteiger partial charge in [0, 0.05) is 19.1 Å². The Hall–Kier alpha value is -0.610. The highest BCUT2D eigenvalue weighted by Gasteiger charge is 2.51. The van der Waals surface area contributed by atoms with Gasteiger partial charge in [-0.05, 0) is 25.7 Å². The smallest absolute Gasteiger partial charge is 0.230 e. The molecule has 1 rings (SSSR count). The van der Waals surface area contributed by atoms with Gasteiger partial charge in [0.05, 0.1) is 12.0 Å². The van der Waals surface area contributed by atoms with Crippen molar-refractivity contribution in [2.24, 2.45) is 11.1 Å². The summed E-state index contributed by atoms with van der Waals surface area (Å²) in [7, 11) is 0. The molecule has 1 aliphatic rings. The Morgan fingerprint density at radius 3 is 2.31 bits per heavy atom. The van der Waals surface area contributed by atoms with Gasteiger partial charge in [-0.25, -0.2) is 0 Å². The Morgan fingerprint density at radius 2 is 2.00 bits per heavy atom. The van der Waals surface area contributed by atoms with Crippen LogP contribution in [0, 0.1) is 5.41 Å². The Balaban J connectivity index is 2.72. The van der Waals surface area contributed by atoms with Crippen molar-refractivity contribution in [1.29, 1.82) is 0 Å². The van der Waals surface area contributed by atoms with Crippen molar-refractivity contribution in [2.75, 3.05) is 19.7 Å². The van der Waals surface area contributed by atoms with Gasteiger partial charge in [-0.1, -0.05) is 13.8 Å². The normalized spacial score (nSPS) is 17.6. The van der Waals surface area contributed by atoms with E-state index in [4.69, 9.17) is 10.8 Å². The fourth-order valence-corrected chi connectivity index (χ4v) is 2.25. The van der Waals surface area contributed by atoms with E-state index in [1.165, 1.54) is 0 Å². The van der Waals surface area contributed by atoms with E-state index in [0.717, 1.165) is 25.7 Å². The lowest BCUT2D eigenvalue weighted by Crippen LogP contribution is -2.47. The minimum atomic E-state index is -0.294. The summed E-state index contributed by atoms with van der Waals surface area (Å²) in [4.78, 5) is 14.2. The second-order valence-corrected chi connectivity index (χ2v) is 4.68. The number of hydrogen-bond donors (Lipinski definition) is 2. The first kappa shape index (κ1) is 13.5. The third kappa shape index (κ3) is 2.55. The van der Waals surface area contributed by atoms with E-state index < -0.39 is 0 Å². The van der Waals surface area contributed by atoms with Crippen molar-refractivity contribution in [3.63, 3.8) is 0 Å². The number of aliphatic hydroxyl groups is 1. The molecule has 3 N–H and O–H groups in total. The first-order valence-corrected chi connectivity index (χ1v) is 6.27. The Kier molecular flexibility index (Phi) is 4.74. The van der Waals surface area contributed by atoms with Gasteiger partial charge in [-0.3, -0.25) is 4.79 Å². The summed E-state index contributed by atoms with van der Waals surface area (Å²) in [6.07, 6.45) is 3.68. The van der Waals surface area contributed by atoms with Crippen LogP contribution in [0.4, 0.5) is 0 Å². The molecule has 94 valence electrons. The van der Waals surface area contributed by atoms with Gasteiger partial charge in [-0.2, -0.15) is 0 Å². The molecule has 1 fully saturated rings. The predicted molar refractivity (Wildman–Crippen MR) is 63.9 cm³/mol. The maximum Gasteiger partial charge on any atom is 0.230 e. The molecule has 0 bridgehead atoms. The van der Waals surface area contributed by atoms with Crippen molar-refractivity contribution < 1.29 is 9.90 Å². The molecule has 4 heteroatoms. The number of nitrogens with zero attached hydrogens (tertiary/aromatic N) is 1. The van der Waals surface area contributed by atoms with Gasteiger partial charge in [0.25, 0.3) is 0 Å². The van der Waals surface area contributed by atoms with Gasteiger partial charge < -0.3 is 15.7 Å². The van der Waals surface area contributed by atoms with E-state index in [1.54, 1.807) is 0 Å².